The lowest BCUT2D eigenvalue weighted by Crippen LogP contribution is -2.13. The maximum Gasteiger partial charge on any atom is 0.341 e. The molecule has 0 saturated heterocycles. The fraction of sp³-hybridized carbons (Fsp3) is 0.143. The normalized spacial score (nSPS) is 11.6. The molecular formula is C14H14F2N2O2S. The van der Waals surface area contributed by atoms with Crippen molar-refractivity contribution in [3.05, 3.63) is 54.1 Å². The van der Waals surface area contributed by atoms with Crippen LogP contribution in [0.15, 0.2) is 53.4 Å². The van der Waals surface area contributed by atoms with Crippen LogP contribution in [0.4, 0.5) is 20.2 Å². The summed E-state index contributed by atoms with van der Waals surface area (Å²) in [5.74, 6) is -3.46. The predicted molar refractivity (Wildman–Crippen MR) is 77.2 cm³/mol. The van der Waals surface area contributed by atoms with Gasteiger partial charge in [-0.15, -0.1) is 0 Å². The van der Waals surface area contributed by atoms with Crippen molar-refractivity contribution < 1.29 is 17.2 Å². The molecule has 7 heteroatoms. The number of halogens is 2. The van der Waals surface area contributed by atoms with Crippen molar-refractivity contribution in [2.75, 3.05) is 5.32 Å². The Morgan fingerprint density at radius 2 is 1.67 bits per heavy atom. The summed E-state index contributed by atoms with van der Waals surface area (Å²) in [5, 5.41) is 2.83. The second kappa shape index (κ2) is 6.19. The third kappa shape index (κ3) is 3.37. The Morgan fingerprint density at radius 3 is 2.24 bits per heavy atom. The number of hydrogen-bond acceptors (Lipinski definition) is 4. The predicted octanol–water partition coefficient (Wildman–Crippen LogP) is 2.89. The van der Waals surface area contributed by atoms with Gasteiger partial charge in [-0.1, -0.05) is 24.3 Å². The highest BCUT2D eigenvalue weighted by Gasteiger charge is 2.28. The lowest BCUT2D eigenvalue weighted by atomic mass is 10.2. The zero-order valence-electron chi connectivity index (χ0n) is 11.0. The number of nitrogens with one attached hydrogen (secondary N) is 1. The van der Waals surface area contributed by atoms with Gasteiger partial charge in [0.1, 0.15) is 0 Å². The molecule has 0 bridgehead atoms. The van der Waals surface area contributed by atoms with E-state index in [2.05, 4.69) is 5.32 Å². The van der Waals surface area contributed by atoms with Crippen LogP contribution in [-0.2, 0) is 16.4 Å². The summed E-state index contributed by atoms with van der Waals surface area (Å²) in [6, 6.07) is 12.5. The molecule has 0 aliphatic heterocycles. The van der Waals surface area contributed by atoms with Crippen LogP contribution in [-0.4, -0.2) is 14.2 Å². The first-order valence-corrected chi connectivity index (χ1v) is 7.67. The summed E-state index contributed by atoms with van der Waals surface area (Å²) in [7, 11) is -4.66. The van der Waals surface area contributed by atoms with Gasteiger partial charge in [-0.25, -0.2) is 8.42 Å². The Bertz CT molecular complexity index is 716. The monoisotopic (exact) mass is 312 g/mol. The van der Waals surface area contributed by atoms with Gasteiger partial charge in [0.25, 0.3) is 0 Å². The van der Waals surface area contributed by atoms with E-state index in [0.29, 0.717) is 12.2 Å². The highest BCUT2D eigenvalue weighted by Crippen LogP contribution is 2.28. The number of hydrogen-bond donors (Lipinski definition) is 2. The van der Waals surface area contributed by atoms with Crippen LogP contribution < -0.4 is 11.1 Å². The van der Waals surface area contributed by atoms with E-state index in [-0.39, 0.29) is 5.69 Å². The van der Waals surface area contributed by atoms with Gasteiger partial charge in [0.05, 0.1) is 10.6 Å². The molecule has 0 unspecified atom stereocenters. The van der Waals surface area contributed by atoms with Crippen molar-refractivity contribution >= 4 is 21.2 Å². The molecule has 2 aromatic rings. The summed E-state index contributed by atoms with van der Waals surface area (Å²) >= 11 is 0. The average molecular weight is 312 g/mol. The quantitative estimate of drug-likeness (QED) is 0.890. The number of rotatable bonds is 5. The fourth-order valence-electron chi connectivity index (χ4n) is 1.79. The van der Waals surface area contributed by atoms with E-state index in [9.17, 15) is 17.2 Å². The van der Waals surface area contributed by atoms with Crippen LogP contribution in [0.25, 0.3) is 0 Å². The molecular weight excluding hydrogens is 298 g/mol. The summed E-state index contributed by atoms with van der Waals surface area (Å²) in [4.78, 5) is -0.428. The van der Waals surface area contributed by atoms with E-state index in [0.717, 1.165) is 11.6 Å². The van der Waals surface area contributed by atoms with Gasteiger partial charge in [0.2, 0.25) is 9.84 Å². The highest BCUT2D eigenvalue weighted by molar-refractivity contribution is 7.91. The van der Waals surface area contributed by atoms with Crippen molar-refractivity contribution in [2.45, 2.75) is 17.2 Å². The van der Waals surface area contributed by atoms with Gasteiger partial charge in [0.15, 0.2) is 0 Å². The number of benzene rings is 2. The topological polar surface area (TPSA) is 72.2 Å². The molecule has 2 rings (SSSR count). The Morgan fingerprint density at radius 1 is 1.05 bits per heavy atom. The minimum absolute atomic E-state index is 0.110. The first kappa shape index (κ1) is 15.4. The first-order valence-electron chi connectivity index (χ1n) is 6.12. The molecule has 112 valence electrons. The van der Waals surface area contributed by atoms with E-state index in [1.807, 2.05) is 0 Å². The van der Waals surface area contributed by atoms with Gasteiger partial charge in [0, 0.05) is 12.2 Å². The van der Waals surface area contributed by atoms with Crippen molar-refractivity contribution in [3.63, 3.8) is 0 Å². The smallest absolute Gasteiger partial charge is 0.341 e. The van der Waals surface area contributed by atoms with Crippen molar-refractivity contribution in [3.8, 4) is 0 Å². The van der Waals surface area contributed by atoms with Crippen molar-refractivity contribution in [1.82, 2.24) is 0 Å². The maximum absolute atomic E-state index is 12.7. The molecule has 0 heterocycles. The molecule has 0 aromatic heterocycles. The third-order valence-corrected chi connectivity index (χ3v) is 4.33. The molecule has 0 atom stereocenters. The molecule has 0 radical (unpaired) electrons. The number of anilines is 2. The Balaban J connectivity index is 2.36. The molecule has 0 fully saturated rings. The summed E-state index contributed by atoms with van der Waals surface area (Å²) in [6.07, 6.45) is 0. The van der Waals surface area contributed by atoms with Gasteiger partial charge in [-0.3, -0.25) is 0 Å². The van der Waals surface area contributed by atoms with E-state index in [1.165, 1.54) is 12.1 Å². The maximum atomic E-state index is 12.7. The van der Waals surface area contributed by atoms with Gasteiger partial charge in [-0.05, 0) is 29.8 Å². The van der Waals surface area contributed by atoms with Crippen LogP contribution in [0.3, 0.4) is 0 Å². The molecule has 2 aromatic carbocycles. The average Bonchev–Trinajstić information content (AvgIpc) is 2.48. The molecule has 4 nitrogen and oxygen atoms in total. The summed E-state index contributed by atoms with van der Waals surface area (Å²) < 4.78 is 48.6. The lowest BCUT2D eigenvalue weighted by molar-refractivity contribution is 0.235. The minimum atomic E-state index is -4.66. The van der Waals surface area contributed by atoms with Gasteiger partial charge >= 0.3 is 5.76 Å². The Labute approximate surface area is 121 Å². The number of para-hydroxylation sites is 1. The van der Waals surface area contributed by atoms with Gasteiger partial charge < -0.3 is 11.1 Å². The van der Waals surface area contributed by atoms with E-state index in [4.69, 9.17) is 5.73 Å². The molecule has 0 spiro atoms. The van der Waals surface area contributed by atoms with Gasteiger partial charge in [-0.2, -0.15) is 8.78 Å². The number of alkyl halides is 2. The third-order valence-electron chi connectivity index (χ3n) is 2.90. The Kier molecular flexibility index (Phi) is 4.54. The second-order valence-corrected chi connectivity index (χ2v) is 6.21. The van der Waals surface area contributed by atoms with E-state index < -0.39 is 20.5 Å². The largest absolute Gasteiger partial charge is 0.354 e. The zero-order chi connectivity index (χ0) is 15.5. The zero-order valence-corrected chi connectivity index (χ0v) is 11.8. The van der Waals surface area contributed by atoms with Crippen molar-refractivity contribution in [1.29, 1.82) is 0 Å². The highest BCUT2D eigenvalue weighted by atomic mass is 32.2. The molecule has 21 heavy (non-hydrogen) atoms. The number of nitrogens with two attached hydrogens (primary N) is 1. The fourth-order valence-corrected chi connectivity index (χ4v) is 2.68. The van der Waals surface area contributed by atoms with E-state index in [1.54, 1.807) is 30.3 Å². The van der Waals surface area contributed by atoms with Crippen LogP contribution in [0.1, 0.15) is 5.56 Å². The van der Waals surface area contributed by atoms with E-state index >= 15 is 0 Å². The molecule has 0 amide bonds. The lowest BCUT2D eigenvalue weighted by Gasteiger charge is -2.12. The van der Waals surface area contributed by atoms with Crippen LogP contribution in [0, 0.1) is 0 Å². The van der Waals surface area contributed by atoms with Crippen molar-refractivity contribution in [2.24, 2.45) is 5.73 Å². The summed E-state index contributed by atoms with van der Waals surface area (Å²) in [5.41, 5.74) is 7.09. The van der Waals surface area contributed by atoms with Crippen LogP contribution in [0.2, 0.25) is 0 Å². The molecule has 3 N–H and O–H groups in total. The Hall–Kier alpha value is -1.99. The van der Waals surface area contributed by atoms with Crippen LogP contribution >= 0.6 is 0 Å². The van der Waals surface area contributed by atoms with Crippen LogP contribution in [0.5, 0.6) is 0 Å². The minimum Gasteiger partial charge on any atom is -0.354 e. The standard InChI is InChI=1S/C14H14F2N2O2S/c15-14(16)21(19,20)13-4-2-1-3-12(13)18-11-7-5-10(9-17)6-8-11/h1-8,14,18H,9,17H2. The first-order chi connectivity index (χ1) is 9.95. The second-order valence-electron chi connectivity index (χ2n) is 4.33. The molecule has 0 aliphatic rings. The summed E-state index contributed by atoms with van der Waals surface area (Å²) in [6.45, 7) is 0.386. The number of sulfone groups is 1. The SMILES string of the molecule is NCc1ccc(Nc2ccccc2S(=O)(=O)C(F)F)cc1. The molecule has 0 aliphatic carbocycles. The molecule has 0 saturated carbocycles.